The van der Waals surface area contributed by atoms with E-state index in [0.29, 0.717) is 18.7 Å². The van der Waals surface area contributed by atoms with Gasteiger partial charge in [0, 0.05) is 24.2 Å². The van der Waals surface area contributed by atoms with Crippen LogP contribution in [0.5, 0.6) is 0 Å². The van der Waals surface area contributed by atoms with Gasteiger partial charge in [-0.3, -0.25) is 4.79 Å². The molecule has 0 atom stereocenters. The average Bonchev–Trinajstić information content (AvgIpc) is 2.58. The predicted molar refractivity (Wildman–Crippen MR) is 102 cm³/mol. The summed E-state index contributed by atoms with van der Waals surface area (Å²) in [5.41, 5.74) is 2.98. The number of hydrogen-bond donors (Lipinski definition) is 1. The van der Waals surface area contributed by atoms with Gasteiger partial charge in [0.1, 0.15) is 5.03 Å². The second-order valence-electron chi connectivity index (χ2n) is 6.26. The van der Waals surface area contributed by atoms with E-state index in [1.807, 2.05) is 19.9 Å². The first kappa shape index (κ1) is 19.5. The van der Waals surface area contributed by atoms with Gasteiger partial charge >= 0.3 is 0 Å². The van der Waals surface area contributed by atoms with Crippen LogP contribution in [-0.4, -0.2) is 30.1 Å². The number of rotatable bonds is 8. The van der Waals surface area contributed by atoms with E-state index in [2.05, 4.69) is 42.3 Å². The highest BCUT2D eigenvalue weighted by molar-refractivity contribution is 7.99. The minimum Gasteiger partial charge on any atom is -0.379 e. The molecule has 0 saturated carbocycles. The van der Waals surface area contributed by atoms with Crippen molar-refractivity contribution < 1.29 is 9.53 Å². The number of aromatic nitrogens is 1. The van der Waals surface area contributed by atoms with Crippen molar-refractivity contribution in [2.45, 2.75) is 50.1 Å². The number of carbonyl (C=O) groups is 1. The zero-order valence-electron chi connectivity index (χ0n) is 15.3. The molecule has 1 N–H and O–H groups in total. The number of hydrogen-bond acceptors (Lipinski definition) is 4. The van der Waals surface area contributed by atoms with Gasteiger partial charge in [0.05, 0.1) is 11.7 Å². The topological polar surface area (TPSA) is 51.2 Å². The van der Waals surface area contributed by atoms with Gasteiger partial charge in [-0.25, -0.2) is 4.98 Å². The van der Waals surface area contributed by atoms with E-state index in [1.165, 1.54) is 22.9 Å². The van der Waals surface area contributed by atoms with Gasteiger partial charge in [-0.15, -0.1) is 0 Å². The highest BCUT2D eigenvalue weighted by Crippen LogP contribution is 2.31. The Hall–Kier alpha value is -1.85. The van der Waals surface area contributed by atoms with Crippen molar-refractivity contribution in [1.29, 1.82) is 0 Å². The van der Waals surface area contributed by atoms with Gasteiger partial charge in [0.25, 0.3) is 5.91 Å². The van der Waals surface area contributed by atoms with Crippen LogP contribution in [0.1, 0.15) is 41.8 Å². The molecule has 1 heterocycles. The Morgan fingerprint density at radius 1 is 1.28 bits per heavy atom. The van der Waals surface area contributed by atoms with Crippen LogP contribution in [0.15, 0.2) is 46.5 Å². The van der Waals surface area contributed by atoms with E-state index in [4.69, 9.17) is 4.74 Å². The Labute approximate surface area is 154 Å². The summed E-state index contributed by atoms with van der Waals surface area (Å²) in [6.07, 6.45) is 2.74. The summed E-state index contributed by atoms with van der Waals surface area (Å²) in [4.78, 5) is 18.0. The third-order valence-corrected chi connectivity index (χ3v) is 4.80. The van der Waals surface area contributed by atoms with Crippen LogP contribution in [0.3, 0.4) is 0 Å². The molecule has 0 aliphatic carbocycles. The third kappa shape index (κ3) is 6.18. The lowest BCUT2D eigenvalue weighted by atomic mass is 10.2. The van der Waals surface area contributed by atoms with E-state index < -0.39 is 0 Å². The molecule has 5 heteroatoms. The second kappa shape index (κ2) is 9.59. The maximum absolute atomic E-state index is 12.5. The quantitative estimate of drug-likeness (QED) is 0.711. The Kier molecular flexibility index (Phi) is 7.47. The molecule has 25 heavy (non-hydrogen) atoms. The lowest BCUT2D eigenvalue weighted by Gasteiger charge is -2.11. The number of carbonyl (C=O) groups excluding carboxylic acids is 1. The number of ether oxygens (including phenoxy) is 1. The van der Waals surface area contributed by atoms with Gasteiger partial charge in [-0.1, -0.05) is 23.9 Å². The lowest BCUT2D eigenvalue weighted by molar-refractivity contribution is 0.0756. The molecule has 1 aromatic carbocycles. The van der Waals surface area contributed by atoms with Gasteiger partial charge in [0.15, 0.2) is 0 Å². The predicted octanol–water partition coefficient (Wildman–Crippen LogP) is 4.39. The van der Waals surface area contributed by atoms with Gasteiger partial charge in [-0.05, 0) is 63.4 Å². The van der Waals surface area contributed by atoms with Crippen molar-refractivity contribution in [2.75, 3.05) is 13.2 Å². The summed E-state index contributed by atoms with van der Waals surface area (Å²) in [6.45, 7) is 9.38. The van der Waals surface area contributed by atoms with Crippen LogP contribution < -0.4 is 5.32 Å². The second-order valence-corrected chi connectivity index (χ2v) is 7.29. The van der Waals surface area contributed by atoms with Gasteiger partial charge in [0.2, 0.25) is 0 Å². The molecule has 0 saturated heterocycles. The van der Waals surface area contributed by atoms with Crippen LogP contribution >= 0.6 is 11.8 Å². The van der Waals surface area contributed by atoms with Crippen molar-refractivity contribution in [3.05, 3.63) is 53.2 Å². The molecule has 1 aromatic heterocycles. The molecule has 0 fully saturated rings. The minimum atomic E-state index is -0.0922. The molecular formula is C20H26N2O2S. The van der Waals surface area contributed by atoms with Gasteiger partial charge in [-0.2, -0.15) is 0 Å². The van der Waals surface area contributed by atoms with Crippen LogP contribution in [0.4, 0.5) is 0 Å². The first-order valence-corrected chi connectivity index (χ1v) is 9.39. The molecule has 0 bridgehead atoms. The summed E-state index contributed by atoms with van der Waals surface area (Å²) in [6, 6.07) is 9.92. The van der Waals surface area contributed by atoms with Crippen molar-refractivity contribution in [1.82, 2.24) is 10.3 Å². The SMILES string of the molecule is Cc1ccc(C)c(Sc2ncccc2C(=O)NCCCOC(C)C)c1. The van der Waals surface area contributed by atoms with E-state index >= 15 is 0 Å². The standard InChI is InChI=1S/C20H26N2O2S/c1-14(2)24-12-6-11-21-19(23)17-7-5-10-22-20(17)25-18-13-15(3)8-9-16(18)4/h5,7-10,13-14H,6,11-12H2,1-4H3,(H,21,23). The Morgan fingerprint density at radius 2 is 2.08 bits per heavy atom. The Morgan fingerprint density at radius 3 is 2.84 bits per heavy atom. The fraction of sp³-hybridized carbons (Fsp3) is 0.400. The summed E-state index contributed by atoms with van der Waals surface area (Å²) in [5.74, 6) is -0.0922. The maximum atomic E-state index is 12.5. The van der Waals surface area contributed by atoms with Crippen LogP contribution in [0.2, 0.25) is 0 Å². The van der Waals surface area contributed by atoms with Crippen LogP contribution in [-0.2, 0) is 4.74 Å². The average molecular weight is 359 g/mol. The van der Waals surface area contributed by atoms with E-state index in [9.17, 15) is 4.79 Å². The van der Waals surface area contributed by atoms with Crippen molar-refractivity contribution >= 4 is 17.7 Å². The number of amides is 1. The zero-order chi connectivity index (χ0) is 18.2. The molecule has 0 aliphatic rings. The van der Waals surface area contributed by atoms with E-state index in [1.54, 1.807) is 12.3 Å². The third-order valence-electron chi connectivity index (χ3n) is 3.62. The highest BCUT2D eigenvalue weighted by Gasteiger charge is 2.14. The summed E-state index contributed by atoms with van der Waals surface area (Å²) >= 11 is 1.53. The van der Waals surface area contributed by atoms with Crippen LogP contribution in [0, 0.1) is 13.8 Å². The van der Waals surface area contributed by atoms with E-state index in [0.717, 1.165) is 16.3 Å². The molecular weight excluding hydrogens is 332 g/mol. The maximum Gasteiger partial charge on any atom is 0.254 e. The lowest BCUT2D eigenvalue weighted by Crippen LogP contribution is -2.26. The van der Waals surface area contributed by atoms with Gasteiger partial charge < -0.3 is 10.1 Å². The fourth-order valence-corrected chi connectivity index (χ4v) is 3.32. The Bertz CT molecular complexity index is 717. The first-order valence-electron chi connectivity index (χ1n) is 8.57. The molecule has 1 amide bonds. The summed E-state index contributed by atoms with van der Waals surface area (Å²) < 4.78 is 5.49. The fourth-order valence-electron chi connectivity index (χ4n) is 2.25. The van der Waals surface area contributed by atoms with Crippen molar-refractivity contribution in [3.8, 4) is 0 Å². The molecule has 134 valence electrons. The minimum absolute atomic E-state index is 0.0922. The number of aryl methyl sites for hydroxylation is 2. The summed E-state index contributed by atoms with van der Waals surface area (Å²) in [7, 11) is 0. The van der Waals surface area contributed by atoms with E-state index in [-0.39, 0.29) is 12.0 Å². The highest BCUT2D eigenvalue weighted by atomic mass is 32.2. The molecule has 2 rings (SSSR count). The van der Waals surface area contributed by atoms with Crippen molar-refractivity contribution in [2.24, 2.45) is 0 Å². The molecule has 2 aromatic rings. The molecule has 4 nitrogen and oxygen atoms in total. The normalized spacial score (nSPS) is 10.9. The zero-order valence-corrected chi connectivity index (χ0v) is 16.2. The monoisotopic (exact) mass is 358 g/mol. The number of pyridine rings is 1. The van der Waals surface area contributed by atoms with Crippen LogP contribution in [0.25, 0.3) is 0 Å². The number of nitrogens with one attached hydrogen (secondary N) is 1. The summed E-state index contributed by atoms with van der Waals surface area (Å²) in [5, 5.41) is 3.68. The first-order chi connectivity index (χ1) is 12.0. The largest absolute Gasteiger partial charge is 0.379 e. The number of benzene rings is 1. The molecule has 0 spiro atoms. The molecule has 0 unspecified atom stereocenters. The smallest absolute Gasteiger partial charge is 0.254 e. The van der Waals surface area contributed by atoms with Crippen molar-refractivity contribution in [3.63, 3.8) is 0 Å². The number of nitrogens with zero attached hydrogens (tertiary/aromatic N) is 1. The molecule has 0 radical (unpaired) electrons. The molecule has 0 aliphatic heterocycles. The Balaban J connectivity index is 2.02.